The van der Waals surface area contributed by atoms with Crippen LogP contribution in [0.2, 0.25) is 5.02 Å². The second kappa shape index (κ2) is 13.6. The van der Waals surface area contributed by atoms with E-state index in [2.05, 4.69) is 15.5 Å². The van der Waals surface area contributed by atoms with Crippen LogP contribution in [-0.4, -0.2) is 80.1 Å². The molecule has 7 nitrogen and oxygen atoms in total. The Hall–Kier alpha value is -2.96. The average Bonchev–Trinajstić information content (AvgIpc) is 2.93. The number of alkyl halides is 3. The predicted molar refractivity (Wildman–Crippen MR) is 152 cm³/mol. The highest BCUT2D eigenvalue weighted by Crippen LogP contribution is 2.32. The molecule has 2 aromatic rings. The number of nitrogens with one attached hydrogen (secondary N) is 2. The molecule has 0 saturated carbocycles. The van der Waals surface area contributed by atoms with Crippen molar-refractivity contribution in [2.24, 2.45) is 5.92 Å². The molecule has 2 fully saturated rings. The summed E-state index contributed by atoms with van der Waals surface area (Å²) < 4.78 is 68.1. The van der Waals surface area contributed by atoms with Gasteiger partial charge in [0.15, 0.2) is 11.6 Å². The van der Waals surface area contributed by atoms with Crippen LogP contribution in [0.5, 0.6) is 0 Å². The van der Waals surface area contributed by atoms with Crippen molar-refractivity contribution in [1.29, 1.82) is 0 Å². The first kappa shape index (κ1) is 32.0. The summed E-state index contributed by atoms with van der Waals surface area (Å²) in [6.07, 6.45) is -3.76. The predicted octanol–water partition coefficient (Wildman–Crippen LogP) is 5.29. The smallest absolute Gasteiger partial charge is 0.367 e. The minimum absolute atomic E-state index is 0.0742. The number of halogens is 6. The van der Waals surface area contributed by atoms with Crippen LogP contribution >= 0.6 is 11.6 Å². The molecule has 2 N–H and O–H groups in total. The van der Waals surface area contributed by atoms with Crippen molar-refractivity contribution in [3.63, 3.8) is 0 Å². The minimum Gasteiger partial charge on any atom is -0.367 e. The molecule has 230 valence electrons. The number of anilines is 2. The van der Waals surface area contributed by atoms with E-state index in [1.165, 1.54) is 24.3 Å². The van der Waals surface area contributed by atoms with Gasteiger partial charge in [-0.25, -0.2) is 8.78 Å². The van der Waals surface area contributed by atoms with Gasteiger partial charge in [-0.2, -0.15) is 13.2 Å². The van der Waals surface area contributed by atoms with Crippen molar-refractivity contribution in [3.05, 3.63) is 58.1 Å². The van der Waals surface area contributed by atoms with Gasteiger partial charge in [-0.15, -0.1) is 0 Å². The van der Waals surface area contributed by atoms with Crippen LogP contribution in [0.25, 0.3) is 0 Å². The Labute approximate surface area is 247 Å². The molecule has 2 heterocycles. The molecule has 42 heavy (non-hydrogen) atoms. The highest BCUT2D eigenvalue weighted by molar-refractivity contribution is 6.31. The summed E-state index contributed by atoms with van der Waals surface area (Å²) in [5.41, 5.74) is 0.237. The fourth-order valence-corrected chi connectivity index (χ4v) is 5.54. The zero-order valence-electron chi connectivity index (χ0n) is 23.5. The number of hydrogen-bond donors (Lipinski definition) is 2. The first-order valence-corrected chi connectivity index (χ1v) is 14.3. The number of hydrogen-bond acceptors (Lipinski definition) is 5. The molecule has 13 heteroatoms. The molecule has 0 unspecified atom stereocenters. The molecule has 2 aromatic carbocycles. The van der Waals surface area contributed by atoms with E-state index < -0.39 is 35.7 Å². The largest absolute Gasteiger partial charge is 0.390 e. The van der Waals surface area contributed by atoms with Crippen LogP contribution in [0.3, 0.4) is 0 Å². The van der Waals surface area contributed by atoms with Crippen LogP contribution in [0, 0.1) is 17.6 Å². The summed E-state index contributed by atoms with van der Waals surface area (Å²) in [5.74, 6) is -3.82. The molecule has 0 aromatic heterocycles. The van der Waals surface area contributed by atoms with Crippen LogP contribution in [0.15, 0.2) is 30.3 Å². The van der Waals surface area contributed by atoms with Gasteiger partial charge in [-0.3, -0.25) is 14.5 Å². The Morgan fingerprint density at radius 2 is 1.74 bits per heavy atom. The van der Waals surface area contributed by atoms with Crippen LogP contribution in [0.4, 0.5) is 33.3 Å². The van der Waals surface area contributed by atoms with Crippen molar-refractivity contribution in [1.82, 2.24) is 15.1 Å². The summed E-state index contributed by atoms with van der Waals surface area (Å²) in [5, 5.41) is 5.67. The molecule has 4 rings (SSSR count). The fraction of sp³-hybridized carbons (Fsp3) is 0.517. The Kier molecular flexibility index (Phi) is 10.3. The van der Waals surface area contributed by atoms with E-state index >= 15 is 4.39 Å². The fourth-order valence-electron chi connectivity index (χ4n) is 5.38. The standard InChI is InChI=1S/C29H35ClF5N5O2/c1-18-17-40(14-13-39(18)12-9-29(33,34)35)24-15-21(30)4-6-23(24)37-28(42)22-5-3-20(25(31)26(22)32)16-36-27(41)19-7-10-38(2)11-8-19/h3-6,15,18-19H,7-14,16-17H2,1-2H3,(H,36,41)(H,37,42)/t18-/m1/s1. The molecule has 2 saturated heterocycles. The van der Waals surface area contributed by atoms with E-state index in [4.69, 9.17) is 11.6 Å². The van der Waals surface area contributed by atoms with E-state index in [0.717, 1.165) is 13.1 Å². The van der Waals surface area contributed by atoms with E-state index in [1.807, 2.05) is 18.9 Å². The molecule has 0 radical (unpaired) electrons. The number of nitrogens with zero attached hydrogens (tertiary/aromatic N) is 3. The minimum atomic E-state index is -4.24. The highest BCUT2D eigenvalue weighted by Gasteiger charge is 2.32. The molecule has 2 aliphatic rings. The molecule has 0 aliphatic carbocycles. The Bertz CT molecular complexity index is 1290. The maximum atomic E-state index is 15.0. The van der Waals surface area contributed by atoms with E-state index in [-0.39, 0.29) is 36.5 Å². The third kappa shape index (κ3) is 8.11. The van der Waals surface area contributed by atoms with Crippen LogP contribution in [-0.2, 0) is 11.3 Å². The van der Waals surface area contributed by atoms with Gasteiger partial charge < -0.3 is 20.4 Å². The lowest BCUT2D eigenvalue weighted by Gasteiger charge is -2.41. The summed E-state index contributed by atoms with van der Waals surface area (Å²) >= 11 is 6.21. The second-order valence-electron chi connectivity index (χ2n) is 11.0. The Morgan fingerprint density at radius 3 is 2.40 bits per heavy atom. The number of carbonyl (C=O) groups is 2. The lowest BCUT2D eigenvalue weighted by molar-refractivity contribution is -0.139. The quantitative estimate of drug-likeness (QED) is 0.395. The van der Waals surface area contributed by atoms with Crippen molar-refractivity contribution < 1.29 is 31.5 Å². The lowest BCUT2D eigenvalue weighted by Crippen LogP contribution is -2.52. The average molecular weight is 616 g/mol. The van der Waals surface area contributed by atoms with Gasteiger partial charge in [0, 0.05) is 55.3 Å². The third-order valence-electron chi connectivity index (χ3n) is 7.95. The summed E-state index contributed by atoms with van der Waals surface area (Å²) in [6.45, 7) is 4.21. The topological polar surface area (TPSA) is 67.9 Å². The number of piperazine rings is 1. The first-order chi connectivity index (χ1) is 19.8. The molecule has 2 amide bonds. The molecule has 2 aliphatic heterocycles. The van der Waals surface area contributed by atoms with Gasteiger partial charge in [-0.1, -0.05) is 17.7 Å². The number of piperidine rings is 1. The molecule has 0 bridgehead atoms. The highest BCUT2D eigenvalue weighted by atomic mass is 35.5. The Morgan fingerprint density at radius 1 is 1.02 bits per heavy atom. The van der Waals surface area contributed by atoms with Crippen molar-refractivity contribution >= 4 is 34.8 Å². The van der Waals surface area contributed by atoms with E-state index in [0.29, 0.717) is 48.9 Å². The third-order valence-corrected chi connectivity index (χ3v) is 8.18. The van der Waals surface area contributed by atoms with Gasteiger partial charge in [0.2, 0.25) is 5.91 Å². The molecule has 0 spiro atoms. The maximum Gasteiger partial charge on any atom is 0.390 e. The first-order valence-electron chi connectivity index (χ1n) is 13.9. The number of amides is 2. The van der Waals surface area contributed by atoms with Crippen LogP contribution in [0.1, 0.15) is 42.1 Å². The van der Waals surface area contributed by atoms with Gasteiger partial charge in [0.1, 0.15) is 0 Å². The van der Waals surface area contributed by atoms with Gasteiger partial charge in [0.25, 0.3) is 5.91 Å². The summed E-state index contributed by atoms with van der Waals surface area (Å²) in [4.78, 5) is 31.3. The van der Waals surface area contributed by atoms with E-state index in [1.54, 1.807) is 11.0 Å². The summed E-state index contributed by atoms with van der Waals surface area (Å²) in [7, 11) is 1.98. The van der Waals surface area contributed by atoms with Gasteiger partial charge in [-0.05, 0) is 64.2 Å². The number of benzene rings is 2. The Balaban J connectivity index is 1.42. The maximum absolute atomic E-state index is 15.0. The van der Waals surface area contributed by atoms with E-state index in [9.17, 15) is 27.2 Å². The molecular formula is C29H35ClF5N5O2. The van der Waals surface area contributed by atoms with Gasteiger partial charge >= 0.3 is 6.18 Å². The van der Waals surface area contributed by atoms with Gasteiger partial charge in [0.05, 0.1) is 23.4 Å². The lowest BCUT2D eigenvalue weighted by atomic mass is 9.96. The zero-order chi connectivity index (χ0) is 30.6. The van der Waals surface area contributed by atoms with Crippen LogP contribution < -0.4 is 15.5 Å². The number of carbonyl (C=O) groups excluding carboxylic acids is 2. The van der Waals surface area contributed by atoms with Crippen molar-refractivity contribution in [2.45, 2.75) is 44.9 Å². The number of rotatable bonds is 8. The second-order valence-corrected chi connectivity index (χ2v) is 11.4. The molecule has 1 atom stereocenters. The number of likely N-dealkylation sites (tertiary alicyclic amines) is 1. The SMILES string of the molecule is C[C@@H]1CN(c2cc(Cl)ccc2NC(=O)c2ccc(CNC(=O)C3CCN(C)CC3)c(F)c2F)CCN1CCC(F)(F)F. The van der Waals surface area contributed by atoms with Crippen molar-refractivity contribution in [2.75, 3.05) is 56.5 Å². The summed E-state index contributed by atoms with van der Waals surface area (Å²) in [6, 6.07) is 6.92. The van der Waals surface area contributed by atoms with Crippen molar-refractivity contribution in [3.8, 4) is 0 Å². The molecular weight excluding hydrogens is 581 g/mol. The normalized spacial score (nSPS) is 19.1. The monoisotopic (exact) mass is 615 g/mol. The zero-order valence-corrected chi connectivity index (χ0v) is 24.3.